The van der Waals surface area contributed by atoms with Crippen LogP contribution in [0.25, 0.3) is 5.65 Å². The maximum atomic E-state index is 13.6. The third-order valence-electron chi connectivity index (χ3n) is 6.03. The quantitative estimate of drug-likeness (QED) is 0.612. The van der Waals surface area contributed by atoms with Gasteiger partial charge in [-0.3, -0.25) is 9.69 Å². The SMILES string of the molecule is O=C(Nc1ccc(CN2CCCCC2)cc1)c1cc2nc(C3CC3)cc(C(F)(F)F)n2n1. The van der Waals surface area contributed by atoms with Gasteiger partial charge in [0.25, 0.3) is 5.91 Å². The van der Waals surface area contributed by atoms with E-state index in [9.17, 15) is 18.0 Å². The molecule has 168 valence electrons. The van der Waals surface area contributed by atoms with E-state index < -0.39 is 17.8 Å². The van der Waals surface area contributed by atoms with Gasteiger partial charge in [0.15, 0.2) is 11.3 Å². The summed E-state index contributed by atoms with van der Waals surface area (Å²) in [4.78, 5) is 19.4. The van der Waals surface area contributed by atoms with Crippen molar-refractivity contribution in [3.63, 3.8) is 0 Å². The third kappa shape index (κ3) is 4.48. The molecular weight excluding hydrogens is 419 g/mol. The Morgan fingerprint density at radius 3 is 2.44 bits per heavy atom. The summed E-state index contributed by atoms with van der Waals surface area (Å²) in [5.41, 5.74) is 1.14. The van der Waals surface area contributed by atoms with Crippen molar-refractivity contribution in [3.8, 4) is 0 Å². The van der Waals surface area contributed by atoms with Gasteiger partial charge < -0.3 is 5.32 Å². The molecule has 0 spiro atoms. The lowest BCUT2D eigenvalue weighted by molar-refractivity contribution is -0.142. The van der Waals surface area contributed by atoms with E-state index in [1.54, 1.807) is 12.1 Å². The molecule has 0 atom stereocenters. The molecule has 1 aliphatic carbocycles. The smallest absolute Gasteiger partial charge is 0.321 e. The Bertz CT molecular complexity index is 1130. The number of benzene rings is 1. The van der Waals surface area contributed by atoms with Gasteiger partial charge in [-0.1, -0.05) is 18.6 Å². The number of carbonyl (C=O) groups is 1. The second-order valence-corrected chi connectivity index (χ2v) is 8.63. The summed E-state index contributed by atoms with van der Waals surface area (Å²) in [6.45, 7) is 3.07. The number of hydrogen-bond donors (Lipinski definition) is 1. The number of piperidine rings is 1. The number of alkyl halides is 3. The fraction of sp³-hybridized carbons (Fsp3) is 0.435. The number of halogens is 3. The highest BCUT2D eigenvalue weighted by Gasteiger charge is 2.37. The molecule has 5 rings (SSSR count). The van der Waals surface area contributed by atoms with E-state index in [2.05, 4.69) is 20.3 Å². The molecule has 3 heterocycles. The zero-order valence-electron chi connectivity index (χ0n) is 17.5. The van der Waals surface area contributed by atoms with Crippen LogP contribution >= 0.6 is 0 Å². The Hall–Kier alpha value is -2.94. The van der Waals surface area contributed by atoms with E-state index in [0.717, 1.165) is 44.1 Å². The summed E-state index contributed by atoms with van der Waals surface area (Å²) in [5, 5.41) is 6.63. The van der Waals surface area contributed by atoms with Gasteiger partial charge in [0.1, 0.15) is 5.69 Å². The van der Waals surface area contributed by atoms with Crippen LogP contribution < -0.4 is 5.32 Å². The van der Waals surface area contributed by atoms with Crippen LogP contribution in [0.3, 0.4) is 0 Å². The standard InChI is InChI=1S/C23H24F3N5O/c24-23(25,26)20-12-18(16-6-7-16)28-21-13-19(29-31(20)21)22(32)27-17-8-4-15(5-9-17)14-30-10-2-1-3-11-30/h4-5,8-9,12-13,16H,1-3,6-7,10-11,14H2,(H,27,32). The Kier molecular flexibility index (Phi) is 5.36. The van der Waals surface area contributed by atoms with Crippen molar-refractivity contribution in [3.05, 3.63) is 59.0 Å². The van der Waals surface area contributed by atoms with Crippen molar-refractivity contribution in [1.29, 1.82) is 0 Å². The van der Waals surface area contributed by atoms with E-state index in [1.807, 2.05) is 12.1 Å². The number of likely N-dealkylation sites (tertiary alicyclic amines) is 1. The number of rotatable bonds is 5. The molecule has 32 heavy (non-hydrogen) atoms. The zero-order chi connectivity index (χ0) is 22.3. The van der Waals surface area contributed by atoms with E-state index in [4.69, 9.17) is 0 Å². The second kappa shape index (κ2) is 8.20. The molecular formula is C23H24F3N5O. The first-order valence-corrected chi connectivity index (χ1v) is 11.0. The minimum atomic E-state index is -4.59. The lowest BCUT2D eigenvalue weighted by Gasteiger charge is -2.26. The number of nitrogens with one attached hydrogen (secondary N) is 1. The fourth-order valence-corrected chi connectivity index (χ4v) is 4.16. The number of fused-ring (bicyclic) bond motifs is 1. The molecule has 1 saturated heterocycles. The second-order valence-electron chi connectivity index (χ2n) is 8.63. The number of aromatic nitrogens is 3. The largest absolute Gasteiger partial charge is 0.433 e. The number of carbonyl (C=O) groups excluding carboxylic acids is 1. The number of anilines is 1. The normalized spacial score (nSPS) is 17.6. The molecule has 2 aliphatic rings. The molecule has 1 aliphatic heterocycles. The number of hydrogen-bond acceptors (Lipinski definition) is 4. The molecule has 1 saturated carbocycles. The number of amides is 1. The van der Waals surface area contributed by atoms with Gasteiger partial charge in [0.2, 0.25) is 0 Å². The van der Waals surface area contributed by atoms with Crippen LogP contribution in [0.5, 0.6) is 0 Å². The van der Waals surface area contributed by atoms with Crippen LogP contribution in [0, 0.1) is 0 Å². The number of nitrogens with zero attached hydrogens (tertiary/aromatic N) is 4. The van der Waals surface area contributed by atoms with Crippen molar-refractivity contribution >= 4 is 17.2 Å². The summed E-state index contributed by atoms with van der Waals surface area (Å²) in [6, 6.07) is 9.87. The van der Waals surface area contributed by atoms with Gasteiger partial charge in [0, 0.05) is 29.9 Å². The van der Waals surface area contributed by atoms with Crippen molar-refractivity contribution < 1.29 is 18.0 Å². The van der Waals surface area contributed by atoms with E-state index in [-0.39, 0.29) is 17.3 Å². The Labute approximate surface area is 183 Å². The van der Waals surface area contributed by atoms with Gasteiger partial charge in [-0.2, -0.15) is 18.3 Å². The van der Waals surface area contributed by atoms with E-state index >= 15 is 0 Å². The first-order valence-electron chi connectivity index (χ1n) is 11.0. The first-order chi connectivity index (χ1) is 15.4. The summed E-state index contributed by atoms with van der Waals surface area (Å²) in [6.07, 6.45) is 0.799. The van der Waals surface area contributed by atoms with E-state index in [1.165, 1.54) is 25.3 Å². The van der Waals surface area contributed by atoms with Crippen LogP contribution in [0.4, 0.5) is 18.9 Å². The van der Waals surface area contributed by atoms with Gasteiger partial charge in [-0.25, -0.2) is 9.50 Å². The van der Waals surface area contributed by atoms with Crippen molar-refractivity contribution in [2.75, 3.05) is 18.4 Å². The average Bonchev–Trinajstić information content (AvgIpc) is 3.53. The highest BCUT2D eigenvalue weighted by molar-refractivity contribution is 6.03. The lowest BCUT2D eigenvalue weighted by atomic mass is 10.1. The molecule has 9 heteroatoms. The topological polar surface area (TPSA) is 62.5 Å². The summed E-state index contributed by atoms with van der Waals surface area (Å²) in [7, 11) is 0. The van der Waals surface area contributed by atoms with Crippen LogP contribution in [-0.4, -0.2) is 38.5 Å². The molecule has 1 amide bonds. The summed E-state index contributed by atoms with van der Waals surface area (Å²) < 4.78 is 41.4. The van der Waals surface area contributed by atoms with Gasteiger partial charge in [-0.05, 0) is 62.5 Å². The lowest BCUT2D eigenvalue weighted by Crippen LogP contribution is -2.29. The predicted octanol–water partition coefficient (Wildman–Crippen LogP) is 4.86. The molecule has 3 aromatic rings. The highest BCUT2D eigenvalue weighted by atomic mass is 19.4. The van der Waals surface area contributed by atoms with Gasteiger partial charge in [0.05, 0.1) is 0 Å². The van der Waals surface area contributed by atoms with Crippen LogP contribution in [0.1, 0.15) is 65.5 Å². The maximum absolute atomic E-state index is 13.6. The monoisotopic (exact) mass is 443 g/mol. The Morgan fingerprint density at radius 1 is 1.06 bits per heavy atom. The molecule has 0 radical (unpaired) electrons. The third-order valence-corrected chi connectivity index (χ3v) is 6.03. The molecule has 0 bridgehead atoms. The van der Waals surface area contributed by atoms with Crippen molar-refractivity contribution in [1.82, 2.24) is 19.5 Å². The maximum Gasteiger partial charge on any atom is 0.433 e. The fourth-order valence-electron chi connectivity index (χ4n) is 4.16. The Morgan fingerprint density at radius 2 is 1.78 bits per heavy atom. The minimum absolute atomic E-state index is 0.0313. The van der Waals surface area contributed by atoms with Crippen LogP contribution in [0.15, 0.2) is 36.4 Å². The predicted molar refractivity (Wildman–Crippen MR) is 113 cm³/mol. The van der Waals surface area contributed by atoms with Crippen LogP contribution in [0.2, 0.25) is 0 Å². The molecule has 1 aromatic carbocycles. The molecule has 1 N–H and O–H groups in total. The van der Waals surface area contributed by atoms with Crippen molar-refractivity contribution in [2.45, 2.75) is 50.7 Å². The Balaban J connectivity index is 1.33. The first kappa shape index (κ1) is 20.9. The molecule has 2 aromatic heterocycles. The average molecular weight is 443 g/mol. The van der Waals surface area contributed by atoms with Crippen molar-refractivity contribution in [2.24, 2.45) is 0 Å². The van der Waals surface area contributed by atoms with Crippen LogP contribution in [-0.2, 0) is 12.7 Å². The molecule has 2 fully saturated rings. The molecule has 0 unspecified atom stereocenters. The van der Waals surface area contributed by atoms with Gasteiger partial charge >= 0.3 is 6.18 Å². The minimum Gasteiger partial charge on any atom is -0.321 e. The summed E-state index contributed by atoms with van der Waals surface area (Å²) in [5.74, 6) is -0.517. The van der Waals surface area contributed by atoms with E-state index in [0.29, 0.717) is 15.9 Å². The van der Waals surface area contributed by atoms with Gasteiger partial charge in [-0.15, -0.1) is 0 Å². The molecule has 6 nitrogen and oxygen atoms in total. The zero-order valence-corrected chi connectivity index (χ0v) is 17.5. The highest BCUT2D eigenvalue weighted by Crippen LogP contribution is 2.41. The summed E-state index contributed by atoms with van der Waals surface area (Å²) >= 11 is 0.